The van der Waals surface area contributed by atoms with E-state index in [4.69, 9.17) is 4.74 Å². The number of rotatable bonds is 6. The van der Waals surface area contributed by atoms with E-state index in [0.29, 0.717) is 19.3 Å². The van der Waals surface area contributed by atoms with Gasteiger partial charge in [-0.05, 0) is 59.3 Å². The smallest absolute Gasteiger partial charge is 0.0945 e. The molecule has 3 nitrogen and oxygen atoms in total. The average Bonchev–Trinajstić information content (AvgIpc) is 2.46. The monoisotopic (exact) mass is 355 g/mol. The van der Waals surface area contributed by atoms with E-state index in [1.165, 1.54) is 18.4 Å². The molecule has 1 aliphatic rings. The highest BCUT2D eigenvalue weighted by Gasteiger charge is 2.20. The second-order valence-electron chi connectivity index (χ2n) is 6.25. The molecule has 0 aliphatic heterocycles. The van der Waals surface area contributed by atoms with Crippen LogP contribution in [0, 0.1) is 12.8 Å². The summed E-state index contributed by atoms with van der Waals surface area (Å²) in [6, 6.07) is 6.14. The number of aryl methyl sites for hydroxylation is 1. The van der Waals surface area contributed by atoms with Crippen LogP contribution in [0.1, 0.15) is 38.2 Å². The Balaban J connectivity index is 1.72. The van der Waals surface area contributed by atoms with Gasteiger partial charge in [-0.15, -0.1) is 0 Å². The second-order valence-corrected chi connectivity index (χ2v) is 7.10. The van der Waals surface area contributed by atoms with E-state index in [2.05, 4.69) is 47.2 Å². The van der Waals surface area contributed by atoms with E-state index in [9.17, 15) is 5.11 Å². The molecule has 3 atom stereocenters. The van der Waals surface area contributed by atoms with Gasteiger partial charge in [0.05, 0.1) is 18.8 Å². The van der Waals surface area contributed by atoms with E-state index < -0.39 is 6.10 Å². The first kappa shape index (κ1) is 16.8. The van der Waals surface area contributed by atoms with Crippen LogP contribution in [0.4, 0.5) is 5.69 Å². The van der Waals surface area contributed by atoms with Crippen LogP contribution in [0.2, 0.25) is 0 Å². The summed E-state index contributed by atoms with van der Waals surface area (Å²) in [6.07, 6.45) is 4.67. The number of hydrogen-bond donors (Lipinski definition) is 2. The number of halogens is 1. The third-order valence-electron chi connectivity index (χ3n) is 4.06. The molecule has 1 aromatic carbocycles. The van der Waals surface area contributed by atoms with Gasteiger partial charge in [-0.3, -0.25) is 0 Å². The van der Waals surface area contributed by atoms with Crippen molar-refractivity contribution in [2.75, 3.05) is 18.5 Å². The van der Waals surface area contributed by atoms with Gasteiger partial charge in [0.25, 0.3) is 0 Å². The van der Waals surface area contributed by atoms with Crippen molar-refractivity contribution in [2.24, 2.45) is 5.92 Å². The minimum absolute atomic E-state index is 0.328. The lowest BCUT2D eigenvalue weighted by molar-refractivity contribution is -0.0274. The Morgan fingerprint density at radius 2 is 2.24 bits per heavy atom. The van der Waals surface area contributed by atoms with Gasteiger partial charge in [0, 0.05) is 16.7 Å². The quantitative estimate of drug-likeness (QED) is 0.806. The molecular formula is C17H26BrNO2. The zero-order chi connectivity index (χ0) is 15.2. The molecule has 2 N–H and O–H groups in total. The van der Waals surface area contributed by atoms with Crippen molar-refractivity contribution in [3.05, 3.63) is 28.2 Å². The number of anilines is 1. The Morgan fingerprint density at radius 3 is 3.00 bits per heavy atom. The molecule has 4 heteroatoms. The van der Waals surface area contributed by atoms with E-state index in [1.54, 1.807) is 0 Å². The van der Waals surface area contributed by atoms with Crippen molar-refractivity contribution in [1.82, 2.24) is 0 Å². The Kier molecular flexibility index (Phi) is 6.52. The number of aliphatic hydroxyl groups excluding tert-OH is 1. The summed E-state index contributed by atoms with van der Waals surface area (Å²) >= 11 is 3.51. The van der Waals surface area contributed by atoms with Crippen molar-refractivity contribution in [1.29, 1.82) is 0 Å². The van der Waals surface area contributed by atoms with Crippen LogP contribution >= 0.6 is 15.9 Å². The fraction of sp³-hybridized carbons (Fsp3) is 0.647. The zero-order valence-electron chi connectivity index (χ0n) is 12.9. The predicted molar refractivity (Wildman–Crippen MR) is 90.7 cm³/mol. The molecule has 2 rings (SSSR count). The summed E-state index contributed by atoms with van der Waals surface area (Å²) in [7, 11) is 0. The topological polar surface area (TPSA) is 41.5 Å². The van der Waals surface area contributed by atoms with Gasteiger partial charge in [0.15, 0.2) is 0 Å². The first-order chi connectivity index (χ1) is 10.0. The van der Waals surface area contributed by atoms with Gasteiger partial charge in [-0.1, -0.05) is 25.8 Å². The maximum absolute atomic E-state index is 10.1. The van der Waals surface area contributed by atoms with E-state index in [1.807, 2.05) is 6.07 Å². The number of hydrogen-bond acceptors (Lipinski definition) is 3. The second kappa shape index (κ2) is 8.16. The highest BCUT2D eigenvalue weighted by molar-refractivity contribution is 9.10. The summed E-state index contributed by atoms with van der Waals surface area (Å²) in [5.74, 6) is 0.752. The van der Waals surface area contributed by atoms with Crippen molar-refractivity contribution in [3.63, 3.8) is 0 Å². The Hall–Kier alpha value is -0.580. The van der Waals surface area contributed by atoms with E-state index in [-0.39, 0.29) is 0 Å². The maximum atomic E-state index is 10.1. The van der Waals surface area contributed by atoms with Crippen molar-refractivity contribution in [3.8, 4) is 0 Å². The molecule has 0 amide bonds. The minimum atomic E-state index is -0.477. The molecule has 0 heterocycles. The Bertz CT molecular complexity index is 452. The van der Waals surface area contributed by atoms with Crippen molar-refractivity contribution >= 4 is 21.6 Å². The molecule has 0 spiro atoms. The molecule has 1 fully saturated rings. The normalized spacial score (nSPS) is 23.8. The molecule has 0 radical (unpaired) electrons. The predicted octanol–water partition coefficient (Wildman–Crippen LogP) is 4.13. The van der Waals surface area contributed by atoms with Crippen molar-refractivity contribution < 1.29 is 9.84 Å². The highest BCUT2D eigenvalue weighted by Crippen LogP contribution is 2.26. The van der Waals surface area contributed by atoms with Crippen LogP contribution in [0.5, 0.6) is 0 Å². The molecular weight excluding hydrogens is 330 g/mol. The molecule has 21 heavy (non-hydrogen) atoms. The lowest BCUT2D eigenvalue weighted by Crippen LogP contribution is -2.30. The summed E-state index contributed by atoms with van der Waals surface area (Å²) < 4.78 is 6.87. The summed E-state index contributed by atoms with van der Waals surface area (Å²) in [6.45, 7) is 5.25. The Labute approximate surface area is 136 Å². The van der Waals surface area contributed by atoms with Gasteiger partial charge in [0.1, 0.15) is 0 Å². The highest BCUT2D eigenvalue weighted by atomic mass is 79.9. The van der Waals surface area contributed by atoms with Crippen LogP contribution in [0.15, 0.2) is 22.7 Å². The molecule has 118 valence electrons. The van der Waals surface area contributed by atoms with Crippen LogP contribution in [0.25, 0.3) is 0 Å². The fourth-order valence-corrected chi connectivity index (χ4v) is 3.23. The van der Waals surface area contributed by atoms with Crippen LogP contribution in [0.3, 0.4) is 0 Å². The summed E-state index contributed by atoms with van der Waals surface area (Å²) in [5, 5.41) is 13.3. The molecule has 1 saturated carbocycles. The van der Waals surface area contributed by atoms with Crippen LogP contribution < -0.4 is 5.32 Å². The molecule has 1 aliphatic carbocycles. The third-order valence-corrected chi connectivity index (χ3v) is 4.75. The van der Waals surface area contributed by atoms with Crippen LogP contribution in [-0.2, 0) is 4.74 Å². The third kappa shape index (κ3) is 5.61. The largest absolute Gasteiger partial charge is 0.389 e. The van der Waals surface area contributed by atoms with Gasteiger partial charge in [-0.25, -0.2) is 0 Å². The van der Waals surface area contributed by atoms with Gasteiger partial charge >= 0.3 is 0 Å². The first-order valence-corrected chi connectivity index (χ1v) is 8.63. The lowest BCUT2D eigenvalue weighted by atomic mass is 9.89. The van der Waals surface area contributed by atoms with Gasteiger partial charge < -0.3 is 15.2 Å². The number of benzene rings is 1. The van der Waals surface area contributed by atoms with Crippen molar-refractivity contribution in [2.45, 2.75) is 51.7 Å². The first-order valence-electron chi connectivity index (χ1n) is 7.84. The average molecular weight is 356 g/mol. The summed E-state index contributed by atoms with van der Waals surface area (Å²) in [5.41, 5.74) is 2.21. The number of nitrogens with one attached hydrogen (secondary N) is 1. The fourth-order valence-electron chi connectivity index (χ4n) is 2.84. The van der Waals surface area contributed by atoms with Crippen LogP contribution in [-0.4, -0.2) is 30.5 Å². The van der Waals surface area contributed by atoms with E-state index in [0.717, 1.165) is 28.9 Å². The van der Waals surface area contributed by atoms with E-state index >= 15 is 0 Å². The molecule has 3 unspecified atom stereocenters. The Morgan fingerprint density at radius 1 is 1.43 bits per heavy atom. The molecule has 1 aromatic rings. The zero-order valence-corrected chi connectivity index (χ0v) is 14.5. The number of aliphatic hydroxyl groups is 1. The van der Waals surface area contributed by atoms with Gasteiger partial charge in [-0.2, -0.15) is 0 Å². The minimum Gasteiger partial charge on any atom is -0.389 e. The maximum Gasteiger partial charge on any atom is 0.0945 e. The molecule has 0 bridgehead atoms. The summed E-state index contributed by atoms with van der Waals surface area (Å²) in [4.78, 5) is 0. The lowest BCUT2D eigenvalue weighted by Gasteiger charge is -2.27. The number of ether oxygens (including phenoxy) is 1. The molecule has 0 aromatic heterocycles. The molecule has 0 saturated heterocycles. The SMILES string of the molecule is Cc1ccc(Br)c(NCC(O)COC2CCCC(C)C2)c1. The van der Waals surface area contributed by atoms with Gasteiger partial charge in [0.2, 0.25) is 0 Å². The standard InChI is InChI=1S/C17H26BrNO2/c1-12-4-3-5-15(8-12)21-11-14(20)10-19-17-9-13(2)6-7-16(17)18/h6-7,9,12,14-15,19-20H,3-5,8,10-11H2,1-2H3.